The lowest BCUT2D eigenvalue weighted by molar-refractivity contribution is 0.665. The molecule has 0 bridgehead atoms. The first-order chi connectivity index (χ1) is 6.74. The number of aromatic nitrogens is 4. The zero-order valence-electron chi connectivity index (χ0n) is 7.88. The van der Waals surface area contributed by atoms with Gasteiger partial charge in [-0.3, -0.25) is 4.68 Å². The lowest BCUT2D eigenvalue weighted by Gasteiger charge is -2.00. The van der Waals surface area contributed by atoms with Gasteiger partial charge >= 0.3 is 0 Å². The summed E-state index contributed by atoms with van der Waals surface area (Å²) in [6, 6.07) is 3.78. The molecule has 72 valence electrons. The van der Waals surface area contributed by atoms with Crippen molar-refractivity contribution in [1.82, 2.24) is 19.7 Å². The summed E-state index contributed by atoms with van der Waals surface area (Å²) in [6.45, 7) is 2.57. The average Bonchev–Trinajstić information content (AvgIpc) is 2.51. The number of aryl methyl sites for hydroxylation is 1. The van der Waals surface area contributed by atoms with E-state index in [1.807, 2.05) is 29.9 Å². The molecule has 0 aliphatic rings. The van der Waals surface area contributed by atoms with E-state index in [9.17, 15) is 0 Å². The van der Waals surface area contributed by atoms with Crippen LogP contribution in [0.25, 0.3) is 0 Å². The van der Waals surface area contributed by atoms with Crippen LogP contribution in [0.2, 0.25) is 0 Å². The van der Waals surface area contributed by atoms with Crippen LogP contribution < -0.4 is 5.73 Å². The average molecular weight is 189 g/mol. The summed E-state index contributed by atoms with van der Waals surface area (Å²) in [7, 11) is 0. The normalized spacial score (nSPS) is 10.4. The number of hydrogen-bond acceptors (Lipinski definition) is 4. The van der Waals surface area contributed by atoms with Gasteiger partial charge in [0.25, 0.3) is 0 Å². The number of hydrogen-bond donors (Lipinski definition) is 1. The summed E-state index contributed by atoms with van der Waals surface area (Å²) in [5.41, 5.74) is 7.32. The van der Waals surface area contributed by atoms with Gasteiger partial charge in [0.1, 0.15) is 0 Å². The minimum atomic E-state index is 0.298. The highest BCUT2D eigenvalue weighted by Crippen LogP contribution is 2.00. The molecule has 2 N–H and O–H groups in total. The molecule has 2 rings (SSSR count). The molecular weight excluding hydrogens is 178 g/mol. The minimum Gasteiger partial charge on any atom is -0.368 e. The van der Waals surface area contributed by atoms with Crippen LogP contribution in [0, 0.1) is 6.92 Å². The van der Waals surface area contributed by atoms with Gasteiger partial charge in [0.15, 0.2) is 0 Å². The van der Waals surface area contributed by atoms with Crippen molar-refractivity contribution in [3.63, 3.8) is 0 Å². The summed E-state index contributed by atoms with van der Waals surface area (Å²) in [5, 5.41) is 4.25. The van der Waals surface area contributed by atoms with Crippen molar-refractivity contribution in [2.45, 2.75) is 13.5 Å². The van der Waals surface area contributed by atoms with Crippen LogP contribution >= 0.6 is 0 Å². The molecule has 2 heterocycles. The number of nitrogen functional groups attached to an aromatic ring is 1. The highest BCUT2D eigenvalue weighted by atomic mass is 15.3. The van der Waals surface area contributed by atoms with E-state index in [1.165, 1.54) is 0 Å². The highest BCUT2D eigenvalue weighted by molar-refractivity contribution is 5.17. The second-order valence-electron chi connectivity index (χ2n) is 3.06. The number of nitrogens with zero attached hydrogens (tertiary/aromatic N) is 4. The molecule has 0 amide bonds. The van der Waals surface area contributed by atoms with E-state index in [0.29, 0.717) is 12.5 Å². The third-order valence-electron chi connectivity index (χ3n) is 1.83. The molecule has 0 fully saturated rings. The van der Waals surface area contributed by atoms with E-state index in [0.717, 1.165) is 11.4 Å². The SMILES string of the molecule is Cc1ccn(Cc2ccnc(N)n2)n1. The van der Waals surface area contributed by atoms with Crippen molar-refractivity contribution >= 4 is 5.95 Å². The van der Waals surface area contributed by atoms with Gasteiger partial charge in [-0.25, -0.2) is 9.97 Å². The number of rotatable bonds is 2. The molecule has 2 aromatic heterocycles. The van der Waals surface area contributed by atoms with Crippen LogP contribution in [-0.4, -0.2) is 19.7 Å². The molecule has 0 aromatic carbocycles. The maximum Gasteiger partial charge on any atom is 0.220 e. The van der Waals surface area contributed by atoms with Gasteiger partial charge in [0, 0.05) is 12.4 Å². The second kappa shape index (κ2) is 3.45. The van der Waals surface area contributed by atoms with Gasteiger partial charge in [-0.1, -0.05) is 0 Å². The molecule has 0 saturated carbocycles. The van der Waals surface area contributed by atoms with Gasteiger partial charge in [-0.05, 0) is 19.1 Å². The first kappa shape index (κ1) is 8.68. The molecule has 2 aromatic rings. The Hall–Kier alpha value is -1.91. The van der Waals surface area contributed by atoms with E-state index < -0.39 is 0 Å². The lowest BCUT2D eigenvalue weighted by Crippen LogP contribution is -2.05. The highest BCUT2D eigenvalue weighted by Gasteiger charge is 1.98. The van der Waals surface area contributed by atoms with Crippen molar-refractivity contribution in [3.8, 4) is 0 Å². The molecule has 0 radical (unpaired) electrons. The minimum absolute atomic E-state index is 0.298. The fraction of sp³-hybridized carbons (Fsp3) is 0.222. The van der Waals surface area contributed by atoms with Crippen LogP contribution in [0.15, 0.2) is 24.5 Å². The van der Waals surface area contributed by atoms with E-state index in [4.69, 9.17) is 5.73 Å². The first-order valence-corrected chi connectivity index (χ1v) is 4.31. The predicted octanol–water partition coefficient (Wildman–Crippen LogP) is 0.612. The van der Waals surface area contributed by atoms with Gasteiger partial charge in [-0.2, -0.15) is 5.10 Å². The molecule has 5 nitrogen and oxygen atoms in total. The number of nitrogens with two attached hydrogens (primary N) is 1. The third kappa shape index (κ3) is 1.87. The molecule has 0 aliphatic carbocycles. The molecule has 0 spiro atoms. The predicted molar refractivity (Wildman–Crippen MR) is 52.5 cm³/mol. The van der Waals surface area contributed by atoms with Crippen molar-refractivity contribution < 1.29 is 0 Å². The van der Waals surface area contributed by atoms with E-state index in [1.54, 1.807) is 6.20 Å². The Morgan fingerprint density at radius 2 is 2.29 bits per heavy atom. The first-order valence-electron chi connectivity index (χ1n) is 4.31. The Morgan fingerprint density at radius 3 is 2.93 bits per heavy atom. The molecule has 14 heavy (non-hydrogen) atoms. The fourth-order valence-electron chi connectivity index (χ4n) is 1.22. The maximum absolute atomic E-state index is 5.47. The van der Waals surface area contributed by atoms with Gasteiger partial charge in [0.2, 0.25) is 5.95 Å². The summed E-state index contributed by atoms with van der Waals surface area (Å²) in [5.74, 6) is 0.298. The summed E-state index contributed by atoms with van der Waals surface area (Å²) in [6.07, 6.45) is 3.56. The largest absolute Gasteiger partial charge is 0.368 e. The molecule has 0 atom stereocenters. The molecule has 0 aliphatic heterocycles. The number of anilines is 1. The van der Waals surface area contributed by atoms with Crippen LogP contribution in [-0.2, 0) is 6.54 Å². The van der Waals surface area contributed by atoms with Crippen molar-refractivity contribution in [1.29, 1.82) is 0 Å². The third-order valence-corrected chi connectivity index (χ3v) is 1.83. The Morgan fingerprint density at radius 1 is 1.43 bits per heavy atom. The quantitative estimate of drug-likeness (QED) is 0.751. The Kier molecular flexibility index (Phi) is 2.14. The van der Waals surface area contributed by atoms with Crippen molar-refractivity contribution in [2.75, 3.05) is 5.73 Å². The zero-order valence-corrected chi connectivity index (χ0v) is 7.88. The molecule has 5 heteroatoms. The van der Waals surface area contributed by atoms with Gasteiger partial charge in [-0.15, -0.1) is 0 Å². The van der Waals surface area contributed by atoms with Crippen LogP contribution in [0.5, 0.6) is 0 Å². The van der Waals surface area contributed by atoms with Crippen molar-refractivity contribution in [2.24, 2.45) is 0 Å². The summed E-state index contributed by atoms with van der Waals surface area (Å²) >= 11 is 0. The summed E-state index contributed by atoms with van der Waals surface area (Å²) in [4.78, 5) is 7.91. The molecule has 0 saturated heterocycles. The monoisotopic (exact) mass is 189 g/mol. The molecule has 0 unspecified atom stereocenters. The Labute approximate surface area is 81.6 Å². The Balaban J connectivity index is 2.18. The smallest absolute Gasteiger partial charge is 0.220 e. The Bertz CT molecular complexity index is 434. The zero-order chi connectivity index (χ0) is 9.97. The second-order valence-corrected chi connectivity index (χ2v) is 3.06. The maximum atomic E-state index is 5.47. The van der Waals surface area contributed by atoms with E-state index in [-0.39, 0.29) is 0 Å². The standard InChI is InChI=1S/C9H11N5/c1-7-3-5-14(13-7)6-8-2-4-11-9(10)12-8/h2-5H,6H2,1H3,(H2,10,11,12). The van der Waals surface area contributed by atoms with Crippen molar-refractivity contribution in [3.05, 3.63) is 35.9 Å². The topological polar surface area (TPSA) is 69.6 Å². The van der Waals surface area contributed by atoms with Gasteiger partial charge in [0.05, 0.1) is 17.9 Å². The van der Waals surface area contributed by atoms with E-state index >= 15 is 0 Å². The fourth-order valence-corrected chi connectivity index (χ4v) is 1.22. The lowest BCUT2D eigenvalue weighted by atomic mass is 10.4. The van der Waals surface area contributed by atoms with Crippen LogP contribution in [0.1, 0.15) is 11.4 Å². The van der Waals surface area contributed by atoms with Crippen LogP contribution in [0.4, 0.5) is 5.95 Å². The van der Waals surface area contributed by atoms with Crippen LogP contribution in [0.3, 0.4) is 0 Å². The summed E-state index contributed by atoms with van der Waals surface area (Å²) < 4.78 is 1.82. The molecular formula is C9H11N5. The van der Waals surface area contributed by atoms with E-state index in [2.05, 4.69) is 15.1 Å². The van der Waals surface area contributed by atoms with Gasteiger partial charge < -0.3 is 5.73 Å².